The molecular formula is C20H22N4O5. The molecule has 29 heavy (non-hydrogen) atoms. The summed E-state index contributed by atoms with van der Waals surface area (Å²) >= 11 is 0. The Hall–Kier alpha value is -3.33. The van der Waals surface area contributed by atoms with Crippen LogP contribution in [-0.4, -0.2) is 57.8 Å². The first kappa shape index (κ1) is 19.0. The SMILES string of the molecule is COc1ccc(-c2onc(N3C[C@@H](Cc4cc(C)[nH]n4)[C@H](O)C3)c2C(=O)O)cc1. The van der Waals surface area contributed by atoms with Crippen molar-refractivity contribution in [2.45, 2.75) is 19.4 Å². The summed E-state index contributed by atoms with van der Waals surface area (Å²) in [5, 5.41) is 31.4. The normalized spacial score (nSPS) is 18.9. The molecule has 9 heteroatoms. The van der Waals surface area contributed by atoms with E-state index in [0.29, 0.717) is 24.3 Å². The Labute approximate surface area is 166 Å². The number of anilines is 1. The molecule has 0 aliphatic carbocycles. The molecule has 152 valence electrons. The molecule has 0 amide bonds. The van der Waals surface area contributed by atoms with Crippen LogP contribution >= 0.6 is 0 Å². The predicted octanol–water partition coefficient (Wildman–Crippen LogP) is 2.12. The minimum absolute atomic E-state index is 0.0152. The number of H-pyrrole nitrogens is 1. The number of aromatic nitrogens is 3. The molecule has 0 radical (unpaired) electrons. The molecule has 2 atom stereocenters. The van der Waals surface area contributed by atoms with Gasteiger partial charge in [-0.05, 0) is 43.7 Å². The average Bonchev–Trinajstić information content (AvgIpc) is 3.41. The second kappa shape index (κ2) is 7.59. The molecule has 1 aliphatic heterocycles. The number of benzene rings is 1. The topological polar surface area (TPSA) is 125 Å². The van der Waals surface area contributed by atoms with Gasteiger partial charge in [0.1, 0.15) is 5.75 Å². The highest BCUT2D eigenvalue weighted by molar-refractivity contribution is 5.99. The summed E-state index contributed by atoms with van der Waals surface area (Å²) in [7, 11) is 1.56. The molecule has 1 fully saturated rings. The Morgan fingerprint density at radius 1 is 1.34 bits per heavy atom. The summed E-state index contributed by atoms with van der Waals surface area (Å²) in [4.78, 5) is 13.7. The van der Waals surface area contributed by atoms with Crippen molar-refractivity contribution >= 4 is 11.8 Å². The van der Waals surface area contributed by atoms with Crippen LogP contribution in [0.2, 0.25) is 0 Å². The maximum absolute atomic E-state index is 12.0. The molecule has 1 aliphatic rings. The summed E-state index contributed by atoms with van der Waals surface area (Å²) < 4.78 is 10.5. The number of aromatic amines is 1. The molecule has 3 aromatic rings. The molecule has 2 aromatic heterocycles. The number of aryl methyl sites for hydroxylation is 1. The summed E-state index contributed by atoms with van der Waals surface area (Å²) in [6, 6.07) is 8.83. The smallest absolute Gasteiger partial charge is 0.343 e. The Balaban J connectivity index is 1.59. The fourth-order valence-electron chi connectivity index (χ4n) is 3.71. The Bertz CT molecular complexity index is 1010. The van der Waals surface area contributed by atoms with Gasteiger partial charge in [-0.1, -0.05) is 5.16 Å². The molecule has 1 saturated heterocycles. The molecule has 3 heterocycles. The molecular weight excluding hydrogens is 376 g/mol. The van der Waals surface area contributed by atoms with E-state index in [1.165, 1.54) is 0 Å². The summed E-state index contributed by atoms with van der Waals surface area (Å²) in [6.45, 7) is 2.66. The molecule has 0 bridgehead atoms. The third-order valence-electron chi connectivity index (χ3n) is 5.18. The second-order valence-corrected chi connectivity index (χ2v) is 7.22. The van der Waals surface area contributed by atoms with Crippen LogP contribution in [0.3, 0.4) is 0 Å². The molecule has 9 nitrogen and oxygen atoms in total. The number of carbonyl (C=O) groups is 1. The number of rotatable bonds is 6. The van der Waals surface area contributed by atoms with Crippen molar-refractivity contribution in [3.05, 3.63) is 47.3 Å². The maximum Gasteiger partial charge on any atom is 0.343 e. The predicted molar refractivity (Wildman–Crippen MR) is 104 cm³/mol. The van der Waals surface area contributed by atoms with Gasteiger partial charge in [0, 0.05) is 30.3 Å². The van der Waals surface area contributed by atoms with Crippen molar-refractivity contribution in [1.29, 1.82) is 0 Å². The molecule has 0 spiro atoms. The van der Waals surface area contributed by atoms with Crippen molar-refractivity contribution in [2.24, 2.45) is 5.92 Å². The van der Waals surface area contributed by atoms with E-state index in [9.17, 15) is 15.0 Å². The standard InChI is InChI=1S/C20H22N4O5/c1-11-7-14(22-21-11)8-13-9-24(10-16(13)25)19-17(20(26)27)18(29-23-19)12-3-5-15(28-2)6-4-12/h3-7,13,16,25H,8-10H2,1-2H3,(H,21,22)(H,26,27)/t13-,16-/m1/s1. The van der Waals surface area contributed by atoms with Gasteiger partial charge in [-0.3, -0.25) is 5.10 Å². The summed E-state index contributed by atoms with van der Waals surface area (Å²) in [5.74, 6) is -0.156. The molecule has 1 aromatic carbocycles. The number of β-amino-alcohol motifs (C(OH)–C–C–N with tert-alkyl or cyclic N) is 1. The zero-order valence-electron chi connectivity index (χ0n) is 16.1. The Kier molecular flexibility index (Phi) is 4.98. The number of carboxylic acid groups (broad SMARTS) is 1. The van der Waals surface area contributed by atoms with Gasteiger partial charge in [0.2, 0.25) is 0 Å². The lowest BCUT2D eigenvalue weighted by Gasteiger charge is -2.15. The van der Waals surface area contributed by atoms with E-state index < -0.39 is 12.1 Å². The Morgan fingerprint density at radius 3 is 2.72 bits per heavy atom. The van der Waals surface area contributed by atoms with Crippen LogP contribution < -0.4 is 9.64 Å². The van der Waals surface area contributed by atoms with Crippen LogP contribution in [0.5, 0.6) is 5.75 Å². The molecule has 0 saturated carbocycles. The van der Waals surface area contributed by atoms with Crippen LogP contribution in [-0.2, 0) is 6.42 Å². The number of methoxy groups -OCH3 is 1. The molecule has 0 unspecified atom stereocenters. The van der Waals surface area contributed by atoms with Crippen molar-refractivity contribution in [2.75, 3.05) is 25.1 Å². The van der Waals surface area contributed by atoms with Gasteiger partial charge in [-0.15, -0.1) is 0 Å². The van der Waals surface area contributed by atoms with Crippen molar-refractivity contribution in [3.63, 3.8) is 0 Å². The molecule has 3 N–H and O–H groups in total. The van der Waals surface area contributed by atoms with Crippen molar-refractivity contribution in [1.82, 2.24) is 15.4 Å². The summed E-state index contributed by atoms with van der Waals surface area (Å²) in [6.07, 6.45) is -0.0251. The quantitative estimate of drug-likeness (QED) is 0.577. The average molecular weight is 398 g/mol. The van der Waals surface area contributed by atoms with E-state index in [1.54, 1.807) is 36.3 Å². The number of ether oxygens (including phenoxy) is 1. The number of hydrogen-bond donors (Lipinski definition) is 3. The van der Waals surface area contributed by atoms with Crippen LogP contribution in [0.4, 0.5) is 5.82 Å². The number of aliphatic hydroxyl groups excluding tert-OH is 1. The van der Waals surface area contributed by atoms with E-state index in [2.05, 4.69) is 15.4 Å². The van der Waals surface area contributed by atoms with Gasteiger partial charge < -0.3 is 24.4 Å². The highest BCUT2D eigenvalue weighted by atomic mass is 16.5. The van der Waals surface area contributed by atoms with Gasteiger partial charge in [0.25, 0.3) is 0 Å². The zero-order chi connectivity index (χ0) is 20.5. The van der Waals surface area contributed by atoms with Gasteiger partial charge in [0.15, 0.2) is 17.1 Å². The van der Waals surface area contributed by atoms with E-state index in [-0.39, 0.29) is 29.6 Å². The first-order chi connectivity index (χ1) is 14.0. The lowest BCUT2D eigenvalue weighted by molar-refractivity contribution is 0.0697. The zero-order valence-corrected chi connectivity index (χ0v) is 16.1. The first-order valence-electron chi connectivity index (χ1n) is 9.27. The fraction of sp³-hybridized carbons (Fsp3) is 0.350. The summed E-state index contributed by atoms with van der Waals surface area (Å²) in [5.41, 5.74) is 2.40. The monoisotopic (exact) mass is 398 g/mol. The highest BCUT2D eigenvalue weighted by Crippen LogP contribution is 2.35. The number of aliphatic hydroxyl groups is 1. The largest absolute Gasteiger partial charge is 0.497 e. The van der Waals surface area contributed by atoms with Crippen LogP contribution in [0.25, 0.3) is 11.3 Å². The van der Waals surface area contributed by atoms with Crippen LogP contribution in [0, 0.1) is 12.8 Å². The Morgan fingerprint density at radius 2 is 2.10 bits per heavy atom. The first-order valence-corrected chi connectivity index (χ1v) is 9.27. The third kappa shape index (κ3) is 3.68. The minimum atomic E-state index is -1.13. The van der Waals surface area contributed by atoms with E-state index in [1.807, 2.05) is 13.0 Å². The minimum Gasteiger partial charge on any atom is -0.497 e. The van der Waals surface area contributed by atoms with Gasteiger partial charge >= 0.3 is 5.97 Å². The van der Waals surface area contributed by atoms with Gasteiger partial charge in [0.05, 0.1) is 18.9 Å². The highest BCUT2D eigenvalue weighted by Gasteiger charge is 2.37. The van der Waals surface area contributed by atoms with E-state index in [4.69, 9.17) is 9.26 Å². The van der Waals surface area contributed by atoms with Crippen LogP contribution in [0.1, 0.15) is 21.7 Å². The third-order valence-corrected chi connectivity index (χ3v) is 5.18. The van der Waals surface area contributed by atoms with E-state index in [0.717, 1.165) is 11.4 Å². The lowest BCUT2D eigenvalue weighted by Crippen LogP contribution is -2.23. The van der Waals surface area contributed by atoms with Gasteiger partial charge in [-0.2, -0.15) is 5.10 Å². The van der Waals surface area contributed by atoms with Crippen LogP contribution in [0.15, 0.2) is 34.9 Å². The fourth-order valence-corrected chi connectivity index (χ4v) is 3.71. The number of carboxylic acids is 1. The number of hydrogen-bond acceptors (Lipinski definition) is 7. The number of nitrogens with one attached hydrogen (secondary N) is 1. The van der Waals surface area contributed by atoms with Crippen molar-refractivity contribution < 1.29 is 24.3 Å². The van der Waals surface area contributed by atoms with Crippen molar-refractivity contribution in [3.8, 4) is 17.1 Å². The second-order valence-electron chi connectivity index (χ2n) is 7.22. The van der Waals surface area contributed by atoms with E-state index >= 15 is 0 Å². The molecule has 4 rings (SSSR count). The number of aromatic carboxylic acids is 1. The lowest BCUT2D eigenvalue weighted by atomic mass is 10.0. The van der Waals surface area contributed by atoms with Gasteiger partial charge in [-0.25, -0.2) is 4.79 Å². The maximum atomic E-state index is 12.0. The number of nitrogens with zero attached hydrogens (tertiary/aromatic N) is 3.